The highest BCUT2D eigenvalue weighted by Gasteiger charge is 2.32. The van der Waals surface area contributed by atoms with E-state index < -0.39 is 0 Å². The van der Waals surface area contributed by atoms with E-state index in [0.717, 1.165) is 25.9 Å². The molecule has 1 rings (SSSR count). The van der Waals surface area contributed by atoms with Gasteiger partial charge < -0.3 is 10.0 Å². The van der Waals surface area contributed by atoms with E-state index in [0.29, 0.717) is 12.6 Å². The molecule has 0 aromatic rings. The van der Waals surface area contributed by atoms with Gasteiger partial charge in [-0.15, -0.1) is 0 Å². The Morgan fingerprint density at radius 3 is 2.65 bits per heavy atom. The van der Waals surface area contributed by atoms with Gasteiger partial charge in [0.2, 0.25) is 0 Å². The van der Waals surface area contributed by atoms with Gasteiger partial charge >= 0.3 is 0 Å². The molecule has 3 nitrogen and oxygen atoms in total. The number of nitrogens with zero attached hydrogens (tertiary/aromatic N) is 2. The number of hydrogen-bond acceptors (Lipinski definition) is 3. The van der Waals surface area contributed by atoms with E-state index in [1.165, 1.54) is 19.4 Å². The molecule has 1 aliphatic heterocycles. The Kier molecular flexibility index (Phi) is 5.90. The van der Waals surface area contributed by atoms with Crippen LogP contribution in [0.5, 0.6) is 0 Å². The van der Waals surface area contributed by atoms with Crippen LogP contribution in [0.2, 0.25) is 0 Å². The van der Waals surface area contributed by atoms with Gasteiger partial charge in [-0.2, -0.15) is 0 Å². The minimum atomic E-state index is 0.0870. The lowest BCUT2D eigenvalue weighted by atomic mass is 9.85. The van der Waals surface area contributed by atoms with Crippen LogP contribution in [-0.4, -0.2) is 61.3 Å². The fraction of sp³-hybridized carbons (Fsp3) is 1.00. The minimum absolute atomic E-state index is 0.0870. The topological polar surface area (TPSA) is 26.7 Å². The summed E-state index contributed by atoms with van der Waals surface area (Å²) < 4.78 is 0. The van der Waals surface area contributed by atoms with Crippen molar-refractivity contribution in [2.24, 2.45) is 5.41 Å². The Hall–Kier alpha value is -0.120. The van der Waals surface area contributed by atoms with Crippen LogP contribution in [0.4, 0.5) is 0 Å². The third-order valence-electron chi connectivity index (χ3n) is 3.90. The van der Waals surface area contributed by atoms with Crippen molar-refractivity contribution in [3.05, 3.63) is 0 Å². The maximum absolute atomic E-state index is 9.61. The van der Waals surface area contributed by atoms with Crippen LogP contribution in [0.25, 0.3) is 0 Å². The lowest BCUT2D eigenvalue weighted by molar-refractivity contribution is 0.0689. The summed E-state index contributed by atoms with van der Waals surface area (Å²) in [4.78, 5) is 4.87. The maximum Gasteiger partial charge on any atom is 0.0497 e. The van der Waals surface area contributed by atoms with E-state index in [2.05, 4.69) is 37.7 Å². The third-order valence-corrected chi connectivity index (χ3v) is 3.90. The molecular formula is C14H30N2O. The zero-order chi connectivity index (χ0) is 12.9. The molecule has 0 aromatic carbocycles. The van der Waals surface area contributed by atoms with Gasteiger partial charge in [0, 0.05) is 31.2 Å². The number of hydrogen-bond donors (Lipinski definition) is 1. The van der Waals surface area contributed by atoms with Crippen LogP contribution < -0.4 is 0 Å². The molecule has 2 unspecified atom stereocenters. The first kappa shape index (κ1) is 14.9. The van der Waals surface area contributed by atoms with Gasteiger partial charge in [-0.25, -0.2) is 0 Å². The zero-order valence-electron chi connectivity index (χ0n) is 12.1. The molecule has 2 atom stereocenters. The van der Waals surface area contributed by atoms with E-state index in [9.17, 15) is 5.11 Å². The molecule has 1 saturated heterocycles. The molecule has 0 saturated carbocycles. The van der Waals surface area contributed by atoms with Crippen molar-refractivity contribution < 1.29 is 5.11 Å². The highest BCUT2D eigenvalue weighted by Crippen LogP contribution is 2.28. The van der Waals surface area contributed by atoms with Gasteiger partial charge in [-0.1, -0.05) is 20.3 Å². The summed E-state index contributed by atoms with van der Waals surface area (Å²) in [6.07, 6.45) is 4.90. The van der Waals surface area contributed by atoms with E-state index in [4.69, 9.17) is 0 Å². The van der Waals surface area contributed by atoms with Gasteiger partial charge in [0.25, 0.3) is 0 Å². The normalized spacial score (nSPS) is 25.4. The Labute approximate surface area is 107 Å². The van der Waals surface area contributed by atoms with Crippen molar-refractivity contribution in [2.75, 3.05) is 40.3 Å². The molecule has 0 spiro atoms. The van der Waals surface area contributed by atoms with Gasteiger partial charge in [0.1, 0.15) is 0 Å². The predicted molar refractivity (Wildman–Crippen MR) is 73.2 cm³/mol. The molecule has 0 amide bonds. The third kappa shape index (κ3) is 4.57. The highest BCUT2D eigenvalue weighted by molar-refractivity contribution is 4.86. The summed E-state index contributed by atoms with van der Waals surface area (Å²) in [7, 11) is 4.29. The summed E-state index contributed by atoms with van der Waals surface area (Å²) in [5.74, 6) is 0. The highest BCUT2D eigenvalue weighted by atomic mass is 16.3. The summed E-state index contributed by atoms with van der Waals surface area (Å²) in [6, 6.07) is 0.688. The molecule has 102 valence electrons. The van der Waals surface area contributed by atoms with Crippen molar-refractivity contribution in [3.63, 3.8) is 0 Å². The van der Waals surface area contributed by atoms with Gasteiger partial charge in [-0.3, -0.25) is 4.90 Å². The monoisotopic (exact) mass is 242 g/mol. The number of likely N-dealkylation sites (N-methyl/N-ethyl adjacent to an activating group) is 1. The molecule has 3 heteroatoms. The Morgan fingerprint density at radius 1 is 1.41 bits per heavy atom. The van der Waals surface area contributed by atoms with E-state index in [1.54, 1.807) is 0 Å². The molecule has 0 aliphatic carbocycles. The SMILES string of the molecule is CCCC(C)(CO)CN1CCCC1CN(C)C. The second-order valence-electron chi connectivity index (χ2n) is 6.25. The van der Waals surface area contributed by atoms with E-state index in [-0.39, 0.29) is 5.41 Å². The molecule has 1 heterocycles. The lowest BCUT2D eigenvalue weighted by Crippen LogP contribution is -2.44. The standard InChI is InChI=1S/C14H30N2O/c1-5-8-14(2,12-17)11-16-9-6-7-13(16)10-15(3)4/h13,17H,5-12H2,1-4H3. The van der Waals surface area contributed by atoms with E-state index in [1.807, 2.05) is 0 Å². The fourth-order valence-corrected chi connectivity index (χ4v) is 3.03. The first-order valence-corrected chi connectivity index (χ1v) is 7.00. The van der Waals surface area contributed by atoms with Crippen LogP contribution >= 0.6 is 0 Å². The second kappa shape index (κ2) is 6.72. The van der Waals surface area contributed by atoms with Crippen molar-refractivity contribution in [1.29, 1.82) is 0 Å². The first-order valence-electron chi connectivity index (χ1n) is 7.00. The zero-order valence-corrected chi connectivity index (χ0v) is 12.1. The number of rotatable bonds is 7. The summed E-state index contributed by atoms with van der Waals surface area (Å²) in [5.41, 5.74) is 0.0870. The fourth-order valence-electron chi connectivity index (χ4n) is 3.03. The van der Waals surface area contributed by atoms with Crippen LogP contribution in [0.1, 0.15) is 39.5 Å². The first-order chi connectivity index (χ1) is 8.00. The molecule has 1 N–H and O–H groups in total. The molecule has 0 radical (unpaired) electrons. The Morgan fingerprint density at radius 2 is 2.12 bits per heavy atom. The van der Waals surface area contributed by atoms with Crippen molar-refractivity contribution in [3.8, 4) is 0 Å². The van der Waals surface area contributed by atoms with Crippen molar-refractivity contribution in [1.82, 2.24) is 9.80 Å². The maximum atomic E-state index is 9.61. The van der Waals surface area contributed by atoms with Crippen LogP contribution in [0.15, 0.2) is 0 Å². The van der Waals surface area contributed by atoms with Crippen LogP contribution in [0, 0.1) is 5.41 Å². The Bertz CT molecular complexity index is 220. The van der Waals surface area contributed by atoms with Crippen LogP contribution in [0.3, 0.4) is 0 Å². The number of aliphatic hydroxyl groups is 1. The second-order valence-corrected chi connectivity index (χ2v) is 6.25. The van der Waals surface area contributed by atoms with Crippen LogP contribution in [-0.2, 0) is 0 Å². The van der Waals surface area contributed by atoms with Gasteiger partial charge in [0.05, 0.1) is 0 Å². The number of likely N-dealkylation sites (tertiary alicyclic amines) is 1. The minimum Gasteiger partial charge on any atom is -0.396 e. The molecule has 1 fully saturated rings. The molecule has 1 aliphatic rings. The van der Waals surface area contributed by atoms with E-state index >= 15 is 0 Å². The molecule has 0 aromatic heterocycles. The largest absolute Gasteiger partial charge is 0.396 e. The smallest absolute Gasteiger partial charge is 0.0497 e. The van der Waals surface area contributed by atoms with Crippen molar-refractivity contribution in [2.45, 2.75) is 45.6 Å². The number of aliphatic hydroxyl groups excluding tert-OH is 1. The average Bonchev–Trinajstić information content (AvgIpc) is 2.65. The quantitative estimate of drug-likeness (QED) is 0.737. The molecular weight excluding hydrogens is 212 g/mol. The lowest BCUT2D eigenvalue weighted by Gasteiger charge is -2.36. The summed E-state index contributed by atoms with van der Waals surface area (Å²) in [6.45, 7) is 8.14. The van der Waals surface area contributed by atoms with Crippen molar-refractivity contribution >= 4 is 0 Å². The van der Waals surface area contributed by atoms with Gasteiger partial charge in [-0.05, 0) is 39.9 Å². The average molecular weight is 242 g/mol. The van der Waals surface area contributed by atoms with Gasteiger partial charge in [0.15, 0.2) is 0 Å². The molecule has 0 bridgehead atoms. The Balaban J connectivity index is 2.53. The summed E-state index contributed by atoms with van der Waals surface area (Å²) >= 11 is 0. The molecule has 17 heavy (non-hydrogen) atoms. The predicted octanol–water partition coefficient (Wildman–Crippen LogP) is 1.81. The summed E-state index contributed by atoms with van der Waals surface area (Å²) in [5, 5.41) is 9.61.